The van der Waals surface area contributed by atoms with E-state index in [1.54, 1.807) is 0 Å². The van der Waals surface area contributed by atoms with Crippen LogP contribution in [0.1, 0.15) is 43.1 Å². The molecule has 1 aliphatic rings. The maximum absolute atomic E-state index is 5.86. The molecule has 1 aromatic rings. The van der Waals surface area contributed by atoms with E-state index in [2.05, 4.69) is 48.0 Å². The molecule has 1 aliphatic heterocycles. The van der Waals surface area contributed by atoms with Crippen molar-refractivity contribution in [1.82, 2.24) is 0 Å². The molecule has 2 rings (SSSR count). The van der Waals surface area contributed by atoms with E-state index < -0.39 is 0 Å². The van der Waals surface area contributed by atoms with E-state index in [1.807, 2.05) is 0 Å². The molecule has 0 aliphatic carbocycles. The van der Waals surface area contributed by atoms with Crippen molar-refractivity contribution in [2.45, 2.75) is 38.3 Å². The minimum Gasteiger partial charge on any atom is -0.369 e. The zero-order chi connectivity index (χ0) is 10.8. The van der Waals surface area contributed by atoms with Gasteiger partial charge < -0.3 is 4.74 Å². The van der Waals surface area contributed by atoms with E-state index >= 15 is 0 Å². The van der Waals surface area contributed by atoms with Crippen LogP contribution < -0.4 is 0 Å². The molecule has 82 valence electrons. The summed E-state index contributed by atoms with van der Waals surface area (Å²) < 4.78 is 5.86. The Morgan fingerprint density at radius 1 is 1.47 bits per heavy atom. The highest BCUT2D eigenvalue weighted by Gasteiger charge is 2.25. The van der Waals surface area contributed by atoms with Crippen molar-refractivity contribution in [3.05, 3.63) is 34.9 Å². The van der Waals surface area contributed by atoms with Gasteiger partial charge in [0.25, 0.3) is 0 Å². The van der Waals surface area contributed by atoms with E-state index in [-0.39, 0.29) is 0 Å². The molecule has 1 nitrogen and oxygen atoms in total. The van der Waals surface area contributed by atoms with Gasteiger partial charge in [-0.3, -0.25) is 0 Å². The molecule has 0 N–H and O–H groups in total. The van der Waals surface area contributed by atoms with Crippen LogP contribution >= 0.6 is 15.9 Å². The first-order valence-corrected chi connectivity index (χ1v) is 6.62. The van der Waals surface area contributed by atoms with Gasteiger partial charge in [-0.05, 0) is 29.0 Å². The third-order valence-electron chi connectivity index (χ3n) is 2.88. The molecular weight excluding hydrogens is 252 g/mol. The smallest absolute Gasteiger partial charge is 0.0838 e. The van der Waals surface area contributed by atoms with Gasteiger partial charge in [0.15, 0.2) is 0 Å². The summed E-state index contributed by atoms with van der Waals surface area (Å²) in [5, 5.41) is 0.925. The summed E-state index contributed by atoms with van der Waals surface area (Å²) in [6, 6.07) is 6.49. The van der Waals surface area contributed by atoms with Crippen LogP contribution in [-0.2, 0) is 16.7 Å². The van der Waals surface area contributed by atoms with Crippen molar-refractivity contribution in [3.63, 3.8) is 0 Å². The minimum absolute atomic E-state index is 0.314. The maximum atomic E-state index is 5.86. The van der Waals surface area contributed by atoms with Gasteiger partial charge in [-0.1, -0.05) is 48.0 Å². The van der Waals surface area contributed by atoms with Crippen LogP contribution in [0.3, 0.4) is 0 Å². The number of hydrogen-bond acceptors (Lipinski definition) is 1. The van der Waals surface area contributed by atoms with Gasteiger partial charge in [-0.25, -0.2) is 0 Å². The summed E-state index contributed by atoms with van der Waals surface area (Å²) in [6.45, 7) is 5.28. The Morgan fingerprint density at radius 3 is 2.93 bits per heavy atom. The van der Waals surface area contributed by atoms with Gasteiger partial charge in [-0.2, -0.15) is 0 Å². The van der Waals surface area contributed by atoms with Crippen LogP contribution in [0.15, 0.2) is 18.2 Å². The first kappa shape index (κ1) is 11.2. The largest absolute Gasteiger partial charge is 0.369 e. The number of ether oxygens (including phenoxy) is 1. The Kier molecular flexibility index (Phi) is 3.47. The van der Waals surface area contributed by atoms with Crippen molar-refractivity contribution in [3.8, 4) is 0 Å². The zero-order valence-electron chi connectivity index (χ0n) is 9.29. The number of rotatable bonds is 3. The predicted octanol–water partition coefficient (Wildman–Crippen LogP) is 4.20. The summed E-state index contributed by atoms with van der Waals surface area (Å²) in [6.07, 6.45) is 1.44. The Hall–Kier alpha value is -0.340. The van der Waals surface area contributed by atoms with E-state index in [1.165, 1.54) is 16.7 Å². The van der Waals surface area contributed by atoms with Gasteiger partial charge in [0.1, 0.15) is 0 Å². The molecule has 0 radical (unpaired) electrons. The molecule has 1 heterocycles. The molecular formula is C13H17BrO. The lowest BCUT2D eigenvalue weighted by atomic mass is 9.94. The van der Waals surface area contributed by atoms with Crippen molar-refractivity contribution in [1.29, 1.82) is 0 Å². The second-order valence-electron chi connectivity index (χ2n) is 4.55. The molecule has 0 amide bonds. The SMILES string of the molecule is CC(C)CC1OCc2cccc(CBr)c21. The fourth-order valence-corrected chi connectivity index (χ4v) is 2.70. The molecule has 0 saturated carbocycles. The van der Waals surface area contributed by atoms with Gasteiger partial charge in [0.05, 0.1) is 12.7 Å². The number of benzene rings is 1. The highest BCUT2D eigenvalue weighted by molar-refractivity contribution is 9.08. The minimum atomic E-state index is 0.314. The third-order valence-corrected chi connectivity index (χ3v) is 3.48. The Bertz CT molecular complexity index is 346. The molecule has 0 saturated heterocycles. The van der Waals surface area contributed by atoms with E-state index in [4.69, 9.17) is 4.74 Å². The number of fused-ring (bicyclic) bond motifs is 1. The summed E-state index contributed by atoms with van der Waals surface area (Å²) in [5.74, 6) is 0.685. The Labute approximate surface area is 100.0 Å². The normalized spacial score (nSPS) is 19.6. The van der Waals surface area contributed by atoms with E-state index in [9.17, 15) is 0 Å². The van der Waals surface area contributed by atoms with Gasteiger partial charge in [0, 0.05) is 5.33 Å². The van der Waals surface area contributed by atoms with E-state index in [0.717, 1.165) is 18.4 Å². The molecule has 1 unspecified atom stereocenters. The fraction of sp³-hybridized carbons (Fsp3) is 0.538. The third kappa shape index (κ3) is 2.26. The molecule has 1 atom stereocenters. The molecule has 0 spiro atoms. The number of hydrogen-bond donors (Lipinski definition) is 0. The van der Waals surface area contributed by atoms with Crippen molar-refractivity contribution in [2.24, 2.45) is 5.92 Å². The van der Waals surface area contributed by atoms with Crippen LogP contribution in [0.4, 0.5) is 0 Å². The van der Waals surface area contributed by atoms with Crippen LogP contribution in [0, 0.1) is 5.92 Å². The lowest BCUT2D eigenvalue weighted by Crippen LogP contribution is -2.03. The van der Waals surface area contributed by atoms with Crippen LogP contribution in [0.2, 0.25) is 0 Å². The second kappa shape index (κ2) is 4.67. The van der Waals surface area contributed by atoms with Crippen molar-refractivity contribution < 1.29 is 4.74 Å². The molecule has 0 bridgehead atoms. The van der Waals surface area contributed by atoms with Crippen molar-refractivity contribution >= 4 is 15.9 Å². The lowest BCUT2D eigenvalue weighted by Gasteiger charge is -2.16. The molecule has 0 fully saturated rings. The number of halogens is 1. The monoisotopic (exact) mass is 268 g/mol. The van der Waals surface area contributed by atoms with Crippen LogP contribution in [0.5, 0.6) is 0 Å². The van der Waals surface area contributed by atoms with Gasteiger partial charge in [0.2, 0.25) is 0 Å². The Morgan fingerprint density at radius 2 is 2.27 bits per heavy atom. The molecule has 0 aromatic heterocycles. The van der Waals surface area contributed by atoms with E-state index in [0.29, 0.717) is 12.0 Å². The zero-order valence-corrected chi connectivity index (χ0v) is 10.9. The topological polar surface area (TPSA) is 9.23 Å². The Balaban J connectivity index is 2.31. The first-order chi connectivity index (χ1) is 7.22. The molecule has 15 heavy (non-hydrogen) atoms. The summed E-state index contributed by atoms with van der Waals surface area (Å²) in [4.78, 5) is 0. The fourth-order valence-electron chi connectivity index (χ4n) is 2.21. The van der Waals surface area contributed by atoms with Crippen molar-refractivity contribution in [2.75, 3.05) is 0 Å². The standard InChI is InChI=1S/C13H17BrO/c1-9(2)6-12-13-10(7-14)4-3-5-11(13)8-15-12/h3-5,9,12H,6-8H2,1-2H3. The quantitative estimate of drug-likeness (QED) is 0.747. The summed E-state index contributed by atoms with van der Waals surface area (Å²) in [7, 11) is 0. The average molecular weight is 269 g/mol. The highest BCUT2D eigenvalue weighted by atomic mass is 79.9. The van der Waals surface area contributed by atoms with Crippen LogP contribution in [0.25, 0.3) is 0 Å². The predicted molar refractivity (Wildman–Crippen MR) is 66.1 cm³/mol. The summed E-state index contributed by atoms with van der Waals surface area (Å²) >= 11 is 3.55. The molecule has 2 heteroatoms. The first-order valence-electron chi connectivity index (χ1n) is 5.50. The number of alkyl halides is 1. The van der Waals surface area contributed by atoms with Gasteiger partial charge >= 0.3 is 0 Å². The average Bonchev–Trinajstić information content (AvgIpc) is 2.61. The maximum Gasteiger partial charge on any atom is 0.0838 e. The second-order valence-corrected chi connectivity index (χ2v) is 5.11. The summed E-state index contributed by atoms with van der Waals surface area (Å²) in [5.41, 5.74) is 4.19. The van der Waals surface area contributed by atoms with Gasteiger partial charge in [-0.15, -0.1) is 0 Å². The lowest BCUT2D eigenvalue weighted by molar-refractivity contribution is 0.0511. The molecule has 1 aromatic carbocycles. The highest BCUT2D eigenvalue weighted by Crippen LogP contribution is 2.37. The van der Waals surface area contributed by atoms with Crippen LogP contribution in [-0.4, -0.2) is 0 Å².